The van der Waals surface area contributed by atoms with Crippen molar-refractivity contribution in [3.63, 3.8) is 0 Å². The zero-order chi connectivity index (χ0) is 21.6. The second-order valence-corrected chi connectivity index (χ2v) is 6.69. The van der Waals surface area contributed by atoms with Gasteiger partial charge in [0.2, 0.25) is 0 Å². The number of amides is 1. The first-order chi connectivity index (χ1) is 15.2. The van der Waals surface area contributed by atoms with Crippen molar-refractivity contribution < 1.29 is 23.8 Å². The average Bonchev–Trinajstić information content (AvgIpc) is 2.82. The van der Waals surface area contributed by atoms with Crippen molar-refractivity contribution in [2.24, 2.45) is 0 Å². The summed E-state index contributed by atoms with van der Waals surface area (Å²) in [7, 11) is 0. The predicted octanol–water partition coefficient (Wildman–Crippen LogP) is 3.79. The Kier molecular flexibility index (Phi) is 5.81. The van der Waals surface area contributed by atoms with Crippen molar-refractivity contribution in [3.05, 3.63) is 77.9 Å². The van der Waals surface area contributed by atoms with E-state index in [1.54, 1.807) is 66.7 Å². The van der Waals surface area contributed by atoms with Crippen LogP contribution in [0.15, 0.2) is 66.7 Å². The summed E-state index contributed by atoms with van der Waals surface area (Å²) in [5, 5.41) is 12.0. The Morgan fingerprint density at radius 2 is 1.65 bits per heavy atom. The molecule has 0 atom stereocenters. The van der Waals surface area contributed by atoms with E-state index in [-0.39, 0.29) is 5.56 Å². The molecule has 0 radical (unpaired) electrons. The van der Waals surface area contributed by atoms with E-state index in [1.165, 1.54) is 0 Å². The molecule has 1 amide bonds. The number of esters is 1. The van der Waals surface area contributed by atoms with Gasteiger partial charge in [-0.25, -0.2) is 4.79 Å². The van der Waals surface area contributed by atoms with Gasteiger partial charge in [0, 0.05) is 17.3 Å². The van der Waals surface area contributed by atoms with E-state index in [9.17, 15) is 14.9 Å². The molecule has 1 aliphatic heterocycles. The van der Waals surface area contributed by atoms with E-state index in [1.807, 2.05) is 0 Å². The van der Waals surface area contributed by atoms with Gasteiger partial charge in [0.1, 0.15) is 13.2 Å². The van der Waals surface area contributed by atoms with Crippen molar-refractivity contribution in [2.75, 3.05) is 25.1 Å². The molecule has 0 unspecified atom stereocenters. The highest BCUT2D eigenvalue weighted by Crippen LogP contribution is 2.32. The van der Waals surface area contributed by atoms with Crippen LogP contribution in [0, 0.1) is 11.3 Å². The summed E-state index contributed by atoms with van der Waals surface area (Å²) >= 11 is 0. The molecule has 1 N–H and O–H groups in total. The number of carbonyl (C=O) groups is 2. The normalized spacial score (nSPS) is 11.8. The molecule has 0 saturated heterocycles. The van der Waals surface area contributed by atoms with Gasteiger partial charge >= 0.3 is 5.97 Å². The third-order valence-corrected chi connectivity index (χ3v) is 4.64. The molecule has 4 rings (SSSR count). The maximum absolute atomic E-state index is 12.7. The van der Waals surface area contributed by atoms with Crippen LogP contribution in [0.2, 0.25) is 0 Å². The van der Waals surface area contributed by atoms with Gasteiger partial charge in [-0.05, 0) is 29.8 Å². The highest BCUT2D eigenvalue weighted by atomic mass is 16.6. The number of carbonyl (C=O) groups excluding carboxylic acids is 2. The van der Waals surface area contributed by atoms with Crippen LogP contribution >= 0.6 is 0 Å². The summed E-state index contributed by atoms with van der Waals surface area (Å²) in [6.45, 7) is 0.465. The van der Waals surface area contributed by atoms with Crippen LogP contribution in [-0.2, 0) is 9.53 Å². The van der Waals surface area contributed by atoms with Crippen molar-refractivity contribution in [1.82, 2.24) is 0 Å². The van der Waals surface area contributed by atoms with Crippen LogP contribution in [0.4, 0.5) is 5.69 Å². The first-order valence-electron chi connectivity index (χ1n) is 9.61. The number of nitriles is 1. The van der Waals surface area contributed by atoms with E-state index < -0.39 is 18.5 Å². The second kappa shape index (κ2) is 9.01. The quantitative estimate of drug-likeness (QED) is 0.638. The van der Waals surface area contributed by atoms with Crippen LogP contribution in [-0.4, -0.2) is 31.7 Å². The topological polar surface area (TPSA) is 97.7 Å². The van der Waals surface area contributed by atoms with E-state index in [0.717, 1.165) is 0 Å². The standard InChI is InChI=1S/C24H18N2O5/c25-14-16-5-1-2-6-18(16)19-7-3-4-8-20(19)24(28)31-15-23(27)26-17-9-10-21-22(13-17)30-12-11-29-21/h1-10,13H,11-12,15H2,(H,26,27). The van der Waals surface area contributed by atoms with Gasteiger partial charge in [-0.15, -0.1) is 0 Å². The van der Waals surface area contributed by atoms with Gasteiger partial charge in [0.05, 0.1) is 17.2 Å². The van der Waals surface area contributed by atoms with E-state index in [0.29, 0.717) is 47.1 Å². The first-order valence-corrected chi connectivity index (χ1v) is 9.61. The third-order valence-electron chi connectivity index (χ3n) is 4.64. The minimum atomic E-state index is -0.652. The lowest BCUT2D eigenvalue weighted by Crippen LogP contribution is -2.21. The zero-order valence-corrected chi connectivity index (χ0v) is 16.5. The molecule has 3 aromatic carbocycles. The molecule has 0 saturated carbocycles. The summed E-state index contributed by atoms with van der Waals surface area (Å²) in [5.41, 5.74) is 2.42. The Morgan fingerprint density at radius 1 is 0.935 bits per heavy atom. The van der Waals surface area contributed by atoms with Gasteiger partial charge < -0.3 is 19.5 Å². The Balaban J connectivity index is 1.44. The summed E-state index contributed by atoms with van der Waals surface area (Å²) < 4.78 is 16.2. The largest absolute Gasteiger partial charge is 0.486 e. The molecule has 0 bridgehead atoms. The molecule has 7 nitrogen and oxygen atoms in total. The lowest BCUT2D eigenvalue weighted by atomic mass is 9.96. The minimum absolute atomic E-state index is 0.275. The number of benzene rings is 3. The SMILES string of the molecule is N#Cc1ccccc1-c1ccccc1C(=O)OCC(=O)Nc1ccc2c(c1)OCCO2. The number of anilines is 1. The first kappa shape index (κ1) is 20.0. The van der Waals surface area contributed by atoms with Crippen molar-refractivity contribution in [3.8, 4) is 28.7 Å². The van der Waals surface area contributed by atoms with Gasteiger partial charge in [0.25, 0.3) is 5.91 Å². The fourth-order valence-corrected chi connectivity index (χ4v) is 3.24. The molecular weight excluding hydrogens is 396 g/mol. The van der Waals surface area contributed by atoms with Crippen LogP contribution in [0.5, 0.6) is 11.5 Å². The van der Waals surface area contributed by atoms with Crippen molar-refractivity contribution >= 4 is 17.6 Å². The molecular formula is C24H18N2O5. The molecule has 154 valence electrons. The monoisotopic (exact) mass is 414 g/mol. The highest BCUT2D eigenvalue weighted by Gasteiger charge is 2.18. The number of fused-ring (bicyclic) bond motifs is 1. The predicted molar refractivity (Wildman–Crippen MR) is 113 cm³/mol. The highest BCUT2D eigenvalue weighted by molar-refractivity contribution is 6.00. The Hall–Kier alpha value is -4.31. The summed E-state index contributed by atoms with van der Waals surface area (Å²) in [5.74, 6) is 0.0247. The average molecular weight is 414 g/mol. The number of hydrogen-bond donors (Lipinski definition) is 1. The van der Waals surface area contributed by atoms with Crippen LogP contribution in [0.25, 0.3) is 11.1 Å². The number of hydrogen-bond acceptors (Lipinski definition) is 6. The van der Waals surface area contributed by atoms with E-state index >= 15 is 0 Å². The lowest BCUT2D eigenvalue weighted by molar-refractivity contribution is -0.119. The summed E-state index contributed by atoms with van der Waals surface area (Å²) in [4.78, 5) is 24.9. The van der Waals surface area contributed by atoms with Gasteiger partial charge in [-0.3, -0.25) is 4.79 Å². The minimum Gasteiger partial charge on any atom is -0.486 e. The van der Waals surface area contributed by atoms with E-state index in [4.69, 9.17) is 14.2 Å². The third kappa shape index (κ3) is 4.49. The van der Waals surface area contributed by atoms with Gasteiger partial charge in [0.15, 0.2) is 18.1 Å². The molecule has 7 heteroatoms. The van der Waals surface area contributed by atoms with Crippen molar-refractivity contribution in [1.29, 1.82) is 5.26 Å². The number of ether oxygens (including phenoxy) is 3. The second-order valence-electron chi connectivity index (χ2n) is 6.69. The summed E-state index contributed by atoms with van der Waals surface area (Å²) in [6.07, 6.45) is 0. The molecule has 1 aliphatic rings. The number of rotatable bonds is 5. The smallest absolute Gasteiger partial charge is 0.339 e. The Morgan fingerprint density at radius 3 is 2.45 bits per heavy atom. The Labute approximate surface area is 178 Å². The summed E-state index contributed by atoms with van der Waals surface area (Å²) in [6, 6.07) is 21.0. The number of nitrogens with zero attached hydrogens (tertiary/aromatic N) is 1. The van der Waals surface area contributed by atoms with Crippen molar-refractivity contribution in [2.45, 2.75) is 0 Å². The molecule has 31 heavy (non-hydrogen) atoms. The molecule has 3 aromatic rings. The fourth-order valence-electron chi connectivity index (χ4n) is 3.24. The molecule has 0 aromatic heterocycles. The van der Waals surface area contributed by atoms with Crippen LogP contribution in [0.3, 0.4) is 0 Å². The molecule has 1 heterocycles. The Bertz CT molecular complexity index is 1180. The van der Waals surface area contributed by atoms with E-state index in [2.05, 4.69) is 11.4 Å². The van der Waals surface area contributed by atoms with Crippen LogP contribution in [0.1, 0.15) is 15.9 Å². The zero-order valence-electron chi connectivity index (χ0n) is 16.5. The maximum Gasteiger partial charge on any atom is 0.339 e. The molecule has 0 fully saturated rings. The van der Waals surface area contributed by atoms with Crippen LogP contribution < -0.4 is 14.8 Å². The van der Waals surface area contributed by atoms with Gasteiger partial charge in [-0.1, -0.05) is 36.4 Å². The molecule has 0 aliphatic carbocycles. The fraction of sp³-hybridized carbons (Fsp3) is 0.125. The number of nitrogens with one attached hydrogen (secondary N) is 1. The maximum atomic E-state index is 12.7. The molecule has 0 spiro atoms. The van der Waals surface area contributed by atoms with Gasteiger partial charge in [-0.2, -0.15) is 5.26 Å². The lowest BCUT2D eigenvalue weighted by Gasteiger charge is -2.19.